The van der Waals surface area contributed by atoms with Crippen molar-refractivity contribution in [1.82, 2.24) is 9.97 Å². The van der Waals surface area contributed by atoms with E-state index in [9.17, 15) is 18.8 Å². The van der Waals surface area contributed by atoms with Gasteiger partial charge in [0.15, 0.2) is 16.8 Å². The molecule has 142 valence electrons. The number of aromatic nitrogens is 2. The predicted octanol–water partition coefficient (Wildman–Crippen LogP) is 4.54. The van der Waals surface area contributed by atoms with Crippen LogP contribution in [0.25, 0.3) is 11.3 Å². The third kappa shape index (κ3) is 4.16. The zero-order chi connectivity index (χ0) is 20.3. The number of thioether (sulfide) groups is 1. The highest BCUT2D eigenvalue weighted by Gasteiger charge is 2.18. The van der Waals surface area contributed by atoms with Crippen LogP contribution in [0.5, 0.6) is 5.75 Å². The Morgan fingerprint density at radius 2 is 2.04 bits per heavy atom. The summed E-state index contributed by atoms with van der Waals surface area (Å²) in [6, 6.07) is 9.92. The standard InChI is InChI=1S/C19H12ClF2N3O2S/c1-28-19-24-17(13(8-23)18(26)25-19)12-7-11(20)3-5-16(12)27-9-10-2-4-14(21)15(22)6-10/h2-7H,9H2,1H3,(H,24,25,26). The van der Waals surface area contributed by atoms with Crippen LogP contribution in [0.3, 0.4) is 0 Å². The average Bonchev–Trinajstić information content (AvgIpc) is 2.68. The molecule has 0 saturated heterocycles. The van der Waals surface area contributed by atoms with Crippen LogP contribution < -0.4 is 10.3 Å². The van der Waals surface area contributed by atoms with Gasteiger partial charge in [0, 0.05) is 10.6 Å². The summed E-state index contributed by atoms with van der Waals surface area (Å²) in [5.41, 5.74) is 0.108. The Morgan fingerprint density at radius 3 is 2.71 bits per heavy atom. The van der Waals surface area contributed by atoms with Gasteiger partial charge in [-0.05, 0) is 42.2 Å². The summed E-state index contributed by atoms with van der Waals surface area (Å²) in [5, 5.41) is 10.1. The summed E-state index contributed by atoms with van der Waals surface area (Å²) in [4.78, 5) is 19.0. The van der Waals surface area contributed by atoms with Crippen molar-refractivity contribution >= 4 is 23.4 Å². The van der Waals surface area contributed by atoms with Crippen LogP contribution >= 0.6 is 23.4 Å². The second-order valence-electron chi connectivity index (χ2n) is 5.59. The molecular formula is C19H12ClF2N3O2S. The fourth-order valence-corrected chi connectivity index (χ4v) is 3.00. The predicted molar refractivity (Wildman–Crippen MR) is 102 cm³/mol. The lowest BCUT2D eigenvalue weighted by Crippen LogP contribution is -2.15. The minimum atomic E-state index is -0.981. The number of nitriles is 1. The third-order valence-electron chi connectivity index (χ3n) is 3.78. The molecule has 0 fully saturated rings. The van der Waals surface area contributed by atoms with Crippen LogP contribution in [0.1, 0.15) is 11.1 Å². The summed E-state index contributed by atoms with van der Waals surface area (Å²) in [5.74, 6) is -1.65. The quantitative estimate of drug-likeness (QED) is 0.485. The highest BCUT2D eigenvalue weighted by molar-refractivity contribution is 7.98. The Hall–Kier alpha value is -2.89. The molecule has 1 aromatic heterocycles. The smallest absolute Gasteiger partial charge is 0.270 e. The van der Waals surface area contributed by atoms with Gasteiger partial charge in [0.25, 0.3) is 5.56 Å². The van der Waals surface area contributed by atoms with Gasteiger partial charge in [0.05, 0.1) is 0 Å². The number of halogens is 3. The third-order valence-corrected chi connectivity index (χ3v) is 4.59. The summed E-state index contributed by atoms with van der Waals surface area (Å²) < 4.78 is 32.2. The topological polar surface area (TPSA) is 78.8 Å². The highest BCUT2D eigenvalue weighted by atomic mass is 35.5. The highest BCUT2D eigenvalue weighted by Crippen LogP contribution is 2.33. The lowest BCUT2D eigenvalue weighted by Gasteiger charge is -2.13. The molecule has 3 rings (SSSR count). The lowest BCUT2D eigenvalue weighted by atomic mass is 10.1. The van der Waals surface area contributed by atoms with E-state index in [1.165, 1.54) is 23.9 Å². The number of benzene rings is 2. The van der Waals surface area contributed by atoms with E-state index in [0.29, 0.717) is 21.3 Å². The maximum Gasteiger partial charge on any atom is 0.270 e. The van der Waals surface area contributed by atoms with Gasteiger partial charge in [-0.3, -0.25) is 4.79 Å². The molecule has 0 aliphatic rings. The molecule has 0 spiro atoms. The Bertz CT molecular complexity index is 1140. The lowest BCUT2D eigenvalue weighted by molar-refractivity contribution is 0.306. The van der Waals surface area contributed by atoms with Gasteiger partial charge in [-0.25, -0.2) is 13.8 Å². The second kappa shape index (κ2) is 8.42. The zero-order valence-electron chi connectivity index (χ0n) is 14.4. The minimum absolute atomic E-state index is 0.0632. The van der Waals surface area contributed by atoms with E-state index in [-0.39, 0.29) is 23.6 Å². The van der Waals surface area contributed by atoms with E-state index >= 15 is 0 Å². The van der Waals surface area contributed by atoms with Crippen LogP contribution in [0.2, 0.25) is 5.02 Å². The van der Waals surface area contributed by atoms with Crippen molar-refractivity contribution in [3.05, 3.63) is 74.5 Å². The van der Waals surface area contributed by atoms with E-state index in [0.717, 1.165) is 12.1 Å². The minimum Gasteiger partial charge on any atom is -0.488 e. The maximum absolute atomic E-state index is 13.4. The molecule has 28 heavy (non-hydrogen) atoms. The number of rotatable bonds is 5. The number of hydrogen-bond donors (Lipinski definition) is 1. The van der Waals surface area contributed by atoms with Crippen LogP contribution in [0, 0.1) is 23.0 Å². The fraction of sp³-hybridized carbons (Fsp3) is 0.105. The molecule has 0 aliphatic carbocycles. The SMILES string of the molecule is CSc1nc(-c2cc(Cl)ccc2OCc2ccc(F)c(F)c2)c(C#N)c(=O)[nH]1. The molecule has 0 atom stereocenters. The van der Waals surface area contributed by atoms with Crippen molar-refractivity contribution in [3.63, 3.8) is 0 Å². The maximum atomic E-state index is 13.4. The molecule has 0 saturated carbocycles. The Morgan fingerprint density at radius 1 is 1.25 bits per heavy atom. The van der Waals surface area contributed by atoms with E-state index in [1.807, 2.05) is 6.07 Å². The van der Waals surface area contributed by atoms with Crippen LogP contribution in [0.15, 0.2) is 46.3 Å². The van der Waals surface area contributed by atoms with Gasteiger partial charge in [-0.2, -0.15) is 5.26 Å². The Kier molecular flexibility index (Phi) is 5.97. The van der Waals surface area contributed by atoms with Gasteiger partial charge >= 0.3 is 0 Å². The first kappa shape index (κ1) is 19.9. The van der Waals surface area contributed by atoms with Crippen LogP contribution in [-0.2, 0) is 6.61 Å². The molecule has 9 heteroatoms. The van der Waals surface area contributed by atoms with E-state index < -0.39 is 17.2 Å². The largest absolute Gasteiger partial charge is 0.488 e. The molecule has 5 nitrogen and oxygen atoms in total. The molecule has 0 bridgehead atoms. The van der Waals surface area contributed by atoms with Gasteiger partial charge < -0.3 is 9.72 Å². The van der Waals surface area contributed by atoms with Crippen molar-refractivity contribution in [2.75, 3.05) is 6.26 Å². The molecule has 3 aromatic rings. The summed E-state index contributed by atoms with van der Waals surface area (Å²) in [6.45, 7) is -0.0632. The van der Waals surface area contributed by atoms with Crippen molar-refractivity contribution in [2.24, 2.45) is 0 Å². The van der Waals surface area contributed by atoms with E-state index in [4.69, 9.17) is 16.3 Å². The van der Waals surface area contributed by atoms with Gasteiger partial charge in [0.2, 0.25) is 0 Å². The molecule has 0 unspecified atom stereocenters. The first-order valence-corrected chi connectivity index (χ1v) is 9.48. The zero-order valence-corrected chi connectivity index (χ0v) is 16.0. The molecule has 2 aromatic carbocycles. The van der Waals surface area contributed by atoms with Crippen molar-refractivity contribution in [3.8, 4) is 23.1 Å². The van der Waals surface area contributed by atoms with E-state index in [1.54, 1.807) is 18.4 Å². The number of hydrogen-bond acceptors (Lipinski definition) is 5. The monoisotopic (exact) mass is 419 g/mol. The first-order valence-electron chi connectivity index (χ1n) is 7.88. The van der Waals surface area contributed by atoms with Crippen molar-refractivity contribution in [2.45, 2.75) is 11.8 Å². The van der Waals surface area contributed by atoms with Crippen molar-refractivity contribution in [1.29, 1.82) is 5.26 Å². The summed E-state index contributed by atoms with van der Waals surface area (Å²) in [7, 11) is 0. The Labute approximate surface area is 168 Å². The number of ether oxygens (including phenoxy) is 1. The van der Waals surface area contributed by atoms with Gasteiger partial charge in [0.1, 0.15) is 29.7 Å². The van der Waals surface area contributed by atoms with Crippen LogP contribution in [0.4, 0.5) is 8.78 Å². The van der Waals surface area contributed by atoms with Crippen molar-refractivity contribution < 1.29 is 13.5 Å². The average molecular weight is 420 g/mol. The number of H-pyrrole nitrogens is 1. The summed E-state index contributed by atoms with van der Waals surface area (Å²) >= 11 is 7.29. The number of nitrogens with one attached hydrogen (secondary N) is 1. The van der Waals surface area contributed by atoms with Gasteiger partial charge in [-0.1, -0.05) is 29.4 Å². The summed E-state index contributed by atoms with van der Waals surface area (Å²) in [6.07, 6.45) is 1.73. The normalized spacial score (nSPS) is 10.5. The molecule has 1 N–H and O–H groups in total. The molecular weight excluding hydrogens is 408 g/mol. The second-order valence-corrected chi connectivity index (χ2v) is 6.82. The molecule has 1 heterocycles. The number of aromatic amines is 1. The van der Waals surface area contributed by atoms with Gasteiger partial charge in [-0.15, -0.1) is 0 Å². The van der Waals surface area contributed by atoms with Crippen LogP contribution in [-0.4, -0.2) is 16.2 Å². The fourth-order valence-electron chi connectivity index (χ4n) is 2.45. The molecule has 0 amide bonds. The first-order chi connectivity index (χ1) is 13.4. The number of nitrogens with zero attached hydrogens (tertiary/aromatic N) is 2. The molecule has 0 aliphatic heterocycles. The Balaban J connectivity index is 2.05. The molecule has 0 radical (unpaired) electrons. The van der Waals surface area contributed by atoms with E-state index in [2.05, 4.69) is 9.97 Å².